The number of aliphatic hydroxyl groups excluding tert-OH is 1. The number of hydrogen-bond acceptors (Lipinski definition) is 3. The Labute approximate surface area is 95.9 Å². The molecular weight excluding hydrogens is 212 g/mol. The van der Waals surface area contributed by atoms with E-state index < -0.39 is 12.1 Å². The quantitative estimate of drug-likeness (QED) is 0.825. The fourth-order valence-electron chi connectivity index (χ4n) is 1.35. The molecule has 3 nitrogen and oxygen atoms in total. The lowest BCUT2D eigenvalue weighted by atomic mass is 9.96. The summed E-state index contributed by atoms with van der Waals surface area (Å²) < 4.78 is 0. The average molecular weight is 227 g/mol. The van der Waals surface area contributed by atoms with Crippen LogP contribution in [0.25, 0.3) is 0 Å². The Hall–Kier alpha value is -1.08. The van der Waals surface area contributed by atoms with Crippen molar-refractivity contribution in [2.45, 2.75) is 25.5 Å². The van der Waals surface area contributed by atoms with Gasteiger partial charge in [-0.3, -0.25) is 0 Å². The van der Waals surface area contributed by atoms with E-state index in [0.717, 1.165) is 0 Å². The molecule has 0 saturated heterocycles. The Kier molecular flexibility index (Phi) is 5.95. The zero-order valence-corrected chi connectivity index (χ0v) is 9.37. The molecule has 0 saturated carbocycles. The Bertz CT molecular complexity index is 349. The first-order valence-electron chi connectivity index (χ1n) is 4.63. The third kappa shape index (κ3) is 3.21. The van der Waals surface area contributed by atoms with Gasteiger partial charge in [0.15, 0.2) is 0 Å². The van der Waals surface area contributed by atoms with E-state index in [0.29, 0.717) is 17.5 Å². The van der Waals surface area contributed by atoms with Gasteiger partial charge in [0.1, 0.15) is 0 Å². The lowest BCUT2D eigenvalue weighted by Crippen LogP contribution is -2.26. The summed E-state index contributed by atoms with van der Waals surface area (Å²) in [6, 6.07) is 8.68. The van der Waals surface area contributed by atoms with Gasteiger partial charge in [0.25, 0.3) is 0 Å². The molecule has 82 valence electrons. The number of hydrogen-bond donors (Lipinski definition) is 2. The van der Waals surface area contributed by atoms with Crippen molar-refractivity contribution in [3.63, 3.8) is 0 Å². The molecule has 15 heavy (non-hydrogen) atoms. The Morgan fingerprint density at radius 3 is 2.60 bits per heavy atom. The van der Waals surface area contributed by atoms with Crippen molar-refractivity contribution in [3.8, 4) is 6.07 Å². The summed E-state index contributed by atoms with van der Waals surface area (Å²) in [5.41, 5.74) is 7.07. The van der Waals surface area contributed by atoms with E-state index >= 15 is 0 Å². The van der Waals surface area contributed by atoms with Crippen LogP contribution in [0.15, 0.2) is 24.3 Å². The van der Waals surface area contributed by atoms with Crippen LogP contribution >= 0.6 is 12.4 Å². The second-order valence-corrected chi connectivity index (χ2v) is 3.20. The molecule has 3 N–H and O–H groups in total. The van der Waals surface area contributed by atoms with Crippen molar-refractivity contribution in [1.82, 2.24) is 0 Å². The largest absolute Gasteiger partial charge is 0.391 e. The Morgan fingerprint density at radius 1 is 1.47 bits per heavy atom. The highest BCUT2D eigenvalue weighted by Crippen LogP contribution is 2.19. The number of nitrogens with zero attached hydrogens (tertiary/aromatic N) is 1. The summed E-state index contributed by atoms with van der Waals surface area (Å²) in [6.07, 6.45) is -0.00880. The molecule has 1 rings (SSSR count). The van der Waals surface area contributed by atoms with Gasteiger partial charge in [-0.05, 0) is 18.1 Å². The van der Waals surface area contributed by atoms with Crippen LogP contribution in [0.3, 0.4) is 0 Å². The van der Waals surface area contributed by atoms with Gasteiger partial charge in [-0.25, -0.2) is 0 Å². The second kappa shape index (κ2) is 6.41. The molecular formula is C11H15ClN2O. The van der Waals surface area contributed by atoms with Crippen LogP contribution in [0, 0.1) is 11.3 Å². The van der Waals surface area contributed by atoms with Gasteiger partial charge in [-0.1, -0.05) is 25.1 Å². The number of benzene rings is 1. The number of aliphatic hydroxyl groups is 1. The van der Waals surface area contributed by atoms with Crippen molar-refractivity contribution >= 4 is 12.4 Å². The predicted octanol–water partition coefficient (Wildman–Crippen LogP) is 1.75. The molecule has 0 spiro atoms. The van der Waals surface area contributed by atoms with Gasteiger partial charge in [0, 0.05) is 0 Å². The lowest BCUT2D eigenvalue weighted by molar-refractivity contribution is 0.140. The van der Waals surface area contributed by atoms with Crippen molar-refractivity contribution in [2.75, 3.05) is 0 Å². The number of halogens is 1. The first-order valence-corrected chi connectivity index (χ1v) is 4.63. The molecule has 0 radical (unpaired) electrons. The molecule has 0 heterocycles. The summed E-state index contributed by atoms with van der Waals surface area (Å²) >= 11 is 0. The maximum absolute atomic E-state index is 9.57. The second-order valence-electron chi connectivity index (χ2n) is 3.20. The van der Waals surface area contributed by atoms with Crippen molar-refractivity contribution in [2.24, 2.45) is 5.73 Å². The van der Waals surface area contributed by atoms with Crippen LogP contribution in [0.2, 0.25) is 0 Å². The van der Waals surface area contributed by atoms with Crippen LogP contribution in [0.4, 0.5) is 0 Å². The third-order valence-electron chi connectivity index (χ3n) is 2.27. The van der Waals surface area contributed by atoms with E-state index in [1.54, 1.807) is 18.2 Å². The van der Waals surface area contributed by atoms with E-state index in [1.807, 2.05) is 13.0 Å². The molecule has 0 aliphatic heterocycles. The van der Waals surface area contributed by atoms with E-state index in [2.05, 4.69) is 6.07 Å². The molecule has 0 unspecified atom stereocenters. The Balaban J connectivity index is 0.00000196. The summed E-state index contributed by atoms with van der Waals surface area (Å²) in [7, 11) is 0. The first-order chi connectivity index (χ1) is 6.70. The monoisotopic (exact) mass is 226 g/mol. The summed E-state index contributed by atoms with van der Waals surface area (Å²) in [4.78, 5) is 0. The van der Waals surface area contributed by atoms with Crippen molar-refractivity contribution in [3.05, 3.63) is 35.4 Å². The van der Waals surface area contributed by atoms with Gasteiger partial charge in [-0.2, -0.15) is 5.26 Å². The SMILES string of the molecule is CC[C@H](O)[C@H](N)c1ccccc1C#N.Cl. The summed E-state index contributed by atoms with van der Waals surface area (Å²) in [6.45, 7) is 1.86. The first kappa shape index (κ1) is 13.9. The van der Waals surface area contributed by atoms with Crippen LogP contribution < -0.4 is 5.73 Å². The molecule has 0 aliphatic carbocycles. The highest BCUT2D eigenvalue weighted by Gasteiger charge is 2.17. The summed E-state index contributed by atoms with van der Waals surface area (Å²) in [5.74, 6) is 0. The van der Waals surface area contributed by atoms with Crippen LogP contribution in [-0.4, -0.2) is 11.2 Å². The van der Waals surface area contributed by atoms with Gasteiger partial charge in [-0.15, -0.1) is 12.4 Å². The maximum Gasteiger partial charge on any atom is 0.0995 e. The smallest absolute Gasteiger partial charge is 0.0995 e. The molecule has 1 aromatic rings. The fraction of sp³-hybridized carbons (Fsp3) is 0.364. The topological polar surface area (TPSA) is 70.0 Å². The molecule has 0 aromatic heterocycles. The number of nitrogens with two attached hydrogens (primary N) is 1. The number of rotatable bonds is 3. The van der Waals surface area contributed by atoms with E-state index in [-0.39, 0.29) is 12.4 Å². The van der Waals surface area contributed by atoms with Gasteiger partial charge in [0.2, 0.25) is 0 Å². The van der Waals surface area contributed by atoms with Gasteiger partial charge in [0.05, 0.1) is 23.8 Å². The van der Waals surface area contributed by atoms with E-state index in [1.165, 1.54) is 0 Å². The van der Waals surface area contributed by atoms with Crippen molar-refractivity contribution in [1.29, 1.82) is 5.26 Å². The van der Waals surface area contributed by atoms with E-state index in [4.69, 9.17) is 11.0 Å². The molecule has 0 bridgehead atoms. The lowest BCUT2D eigenvalue weighted by Gasteiger charge is -2.18. The minimum absolute atomic E-state index is 0. The zero-order valence-electron chi connectivity index (χ0n) is 8.55. The molecule has 1 aromatic carbocycles. The molecule has 4 heteroatoms. The average Bonchev–Trinajstić information content (AvgIpc) is 2.26. The predicted molar refractivity (Wildman–Crippen MR) is 61.6 cm³/mol. The zero-order chi connectivity index (χ0) is 10.6. The molecule has 0 amide bonds. The molecule has 2 atom stereocenters. The molecule has 0 aliphatic rings. The third-order valence-corrected chi connectivity index (χ3v) is 2.27. The normalized spacial score (nSPS) is 13.5. The van der Waals surface area contributed by atoms with Crippen LogP contribution in [-0.2, 0) is 0 Å². The highest BCUT2D eigenvalue weighted by atomic mass is 35.5. The van der Waals surface area contributed by atoms with Gasteiger partial charge < -0.3 is 10.8 Å². The minimum Gasteiger partial charge on any atom is -0.391 e. The van der Waals surface area contributed by atoms with Crippen LogP contribution in [0.5, 0.6) is 0 Å². The summed E-state index contributed by atoms with van der Waals surface area (Å²) in [5, 5.41) is 18.4. The highest BCUT2D eigenvalue weighted by molar-refractivity contribution is 5.85. The Morgan fingerprint density at radius 2 is 2.07 bits per heavy atom. The maximum atomic E-state index is 9.57. The standard InChI is InChI=1S/C11H14N2O.ClH/c1-2-10(14)11(13)9-6-4-3-5-8(9)7-12;/h3-6,10-11,14H,2,13H2,1H3;1H/t10-,11+;/m0./s1. The number of nitriles is 1. The van der Waals surface area contributed by atoms with Crippen molar-refractivity contribution < 1.29 is 5.11 Å². The minimum atomic E-state index is -0.593. The van der Waals surface area contributed by atoms with E-state index in [9.17, 15) is 5.11 Å². The van der Waals surface area contributed by atoms with Crippen LogP contribution in [0.1, 0.15) is 30.5 Å². The fourth-order valence-corrected chi connectivity index (χ4v) is 1.35. The van der Waals surface area contributed by atoms with Gasteiger partial charge >= 0.3 is 0 Å². The molecule has 0 fully saturated rings.